The quantitative estimate of drug-likeness (QED) is 0.860. The molecule has 20 heavy (non-hydrogen) atoms. The lowest BCUT2D eigenvalue weighted by Gasteiger charge is -2.15. The Morgan fingerprint density at radius 1 is 1.35 bits per heavy atom. The van der Waals surface area contributed by atoms with Crippen molar-refractivity contribution in [3.8, 4) is 0 Å². The molecule has 0 unspecified atom stereocenters. The molecular formula is C14H15ClFN3O. The maximum atomic E-state index is 13.5. The second-order valence-corrected chi connectivity index (χ2v) is 4.88. The summed E-state index contributed by atoms with van der Waals surface area (Å²) in [6.45, 7) is 0.386. The number of nitrogens with zero attached hydrogens (tertiary/aromatic N) is 2. The van der Waals surface area contributed by atoms with Crippen molar-refractivity contribution in [1.29, 1.82) is 0 Å². The Labute approximate surface area is 121 Å². The van der Waals surface area contributed by atoms with Crippen molar-refractivity contribution in [3.05, 3.63) is 53.2 Å². The summed E-state index contributed by atoms with van der Waals surface area (Å²) < 4.78 is 13.5. The molecule has 2 rings (SSSR count). The van der Waals surface area contributed by atoms with Gasteiger partial charge < -0.3 is 10.4 Å². The van der Waals surface area contributed by atoms with Crippen LogP contribution < -0.4 is 5.32 Å². The van der Waals surface area contributed by atoms with E-state index in [0.29, 0.717) is 13.0 Å². The van der Waals surface area contributed by atoms with Gasteiger partial charge in [0.1, 0.15) is 0 Å². The first-order chi connectivity index (χ1) is 9.69. The fourth-order valence-electron chi connectivity index (χ4n) is 1.80. The largest absolute Gasteiger partial charge is 0.396 e. The summed E-state index contributed by atoms with van der Waals surface area (Å²) in [6.07, 6.45) is 3.69. The zero-order chi connectivity index (χ0) is 14.4. The third-order valence-electron chi connectivity index (χ3n) is 2.85. The van der Waals surface area contributed by atoms with E-state index in [1.165, 1.54) is 12.3 Å². The minimum atomic E-state index is -0.507. The highest BCUT2D eigenvalue weighted by atomic mass is 35.5. The molecule has 0 aliphatic carbocycles. The Bertz CT molecular complexity index is 553. The van der Waals surface area contributed by atoms with Crippen molar-refractivity contribution in [2.45, 2.75) is 6.42 Å². The van der Waals surface area contributed by atoms with Gasteiger partial charge in [0.05, 0.1) is 5.02 Å². The van der Waals surface area contributed by atoms with Gasteiger partial charge in [-0.15, -0.1) is 0 Å². The maximum absolute atomic E-state index is 13.5. The van der Waals surface area contributed by atoms with Crippen molar-refractivity contribution < 1.29 is 9.50 Å². The van der Waals surface area contributed by atoms with Gasteiger partial charge in [0.2, 0.25) is 0 Å². The Morgan fingerprint density at radius 2 is 2.20 bits per heavy atom. The van der Waals surface area contributed by atoms with Crippen molar-refractivity contribution in [2.75, 3.05) is 18.5 Å². The molecule has 1 atom stereocenters. The van der Waals surface area contributed by atoms with Crippen LogP contribution in [0, 0.1) is 11.7 Å². The molecule has 0 bridgehead atoms. The molecule has 6 heteroatoms. The lowest BCUT2D eigenvalue weighted by atomic mass is 10.0. The van der Waals surface area contributed by atoms with Gasteiger partial charge in [-0.3, -0.25) is 4.98 Å². The first-order valence-electron chi connectivity index (χ1n) is 6.24. The molecule has 0 fully saturated rings. The number of halogens is 2. The van der Waals surface area contributed by atoms with Crippen LogP contribution in [0.2, 0.25) is 5.02 Å². The average molecular weight is 296 g/mol. The normalized spacial score (nSPS) is 12.2. The second-order valence-electron chi connectivity index (χ2n) is 4.44. The van der Waals surface area contributed by atoms with Crippen molar-refractivity contribution in [3.63, 3.8) is 0 Å². The molecule has 2 heterocycles. The van der Waals surface area contributed by atoms with Crippen LogP contribution in [-0.2, 0) is 6.42 Å². The molecule has 0 aliphatic heterocycles. The molecule has 0 radical (unpaired) electrons. The first kappa shape index (κ1) is 14.7. The van der Waals surface area contributed by atoms with Crippen molar-refractivity contribution in [1.82, 2.24) is 9.97 Å². The summed E-state index contributed by atoms with van der Waals surface area (Å²) in [7, 11) is 0. The Hall–Kier alpha value is -1.72. The van der Waals surface area contributed by atoms with E-state index in [-0.39, 0.29) is 23.4 Å². The third kappa shape index (κ3) is 4.15. The number of aliphatic hydroxyl groups excluding tert-OH is 1. The average Bonchev–Trinajstić information content (AvgIpc) is 2.46. The molecule has 0 saturated carbocycles. The number of nitrogens with one attached hydrogen (secondary N) is 1. The fourth-order valence-corrected chi connectivity index (χ4v) is 1.95. The molecule has 106 valence electrons. The minimum Gasteiger partial charge on any atom is -0.396 e. The molecule has 2 aromatic rings. The number of pyridine rings is 2. The molecule has 0 aromatic carbocycles. The van der Waals surface area contributed by atoms with Gasteiger partial charge in [0.15, 0.2) is 11.6 Å². The van der Waals surface area contributed by atoms with E-state index in [1.807, 2.05) is 18.2 Å². The highest BCUT2D eigenvalue weighted by Crippen LogP contribution is 2.16. The number of hydrogen-bond donors (Lipinski definition) is 2. The van der Waals surface area contributed by atoms with Gasteiger partial charge in [-0.25, -0.2) is 9.37 Å². The zero-order valence-electron chi connectivity index (χ0n) is 10.8. The Balaban J connectivity index is 1.93. The number of hydrogen-bond acceptors (Lipinski definition) is 4. The van der Waals surface area contributed by atoms with Gasteiger partial charge in [-0.2, -0.15) is 0 Å². The molecule has 0 spiro atoms. The van der Waals surface area contributed by atoms with Crippen LogP contribution in [0.15, 0.2) is 36.7 Å². The van der Waals surface area contributed by atoms with Crippen LogP contribution in [0.3, 0.4) is 0 Å². The topological polar surface area (TPSA) is 58.0 Å². The standard InChI is InChI=1S/C14H15ClFN3O/c15-11-6-13(16)14(19-8-11)18-7-10(9-20)5-12-3-1-2-4-17-12/h1-4,6,8,10,20H,5,7,9H2,(H,18,19)/t10-/m0/s1. The number of aromatic nitrogens is 2. The first-order valence-corrected chi connectivity index (χ1v) is 6.62. The zero-order valence-corrected chi connectivity index (χ0v) is 11.5. The summed E-state index contributed by atoms with van der Waals surface area (Å²) >= 11 is 5.64. The van der Waals surface area contributed by atoms with Gasteiger partial charge in [0, 0.05) is 37.2 Å². The van der Waals surface area contributed by atoms with Crippen LogP contribution >= 0.6 is 11.6 Å². The lowest BCUT2D eigenvalue weighted by Crippen LogP contribution is -2.21. The number of rotatable bonds is 6. The van der Waals surface area contributed by atoms with Gasteiger partial charge in [-0.1, -0.05) is 17.7 Å². The second kappa shape index (κ2) is 7.17. The third-order valence-corrected chi connectivity index (χ3v) is 3.05. The van der Waals surface area contributed by atoms with E-state index < -0.39 is 5.82 Å². The van der Waals surface area contributed by atoms with Gasteiger partial charge >= 0.3 is 0 Å². The maximum Gasteiger partial charge on any atom is 0.166 e. The fraction of sp³-hybridized carbons (Fsp3) is 0.286. The molecule has 2 N–H and O–H groups in total. The Kier molecular flexibility index (Phi) is 5.26. The predicted molar refractivity (Wildman–Crippen MR) is 76.2 cm³/mol. The van der Waals surface area contributed by atoms with Crippen LogP contribution in [-0.4, -0.2) is 28.2 Å². The lowest BCUT2D eigenvalue weighted by molar-refractivity contribution is 0.231. The van der Waals surface area contributed by atoms with Crippen LogP contribution in [0.5, 0.6) is 0 Å². The number of aliphatic hydroxyl groups is 1. The summed E-state index contributed by atoms with van der Waals surface area (Å²) in [5.41, 5.74) is 0.887. The van der Waals surface area contributed by atoms with Crippen LogP contribution in [0.1, 0.15) is 5.69 Å². The molecule has 0 saturated heterocycles. The highest BCUT2D eigenvalue weighted by molar-refractivity contribution is 6.30. The van der Waals surface area contributed by atoms with E-state index in [9.17, 15) is 9.50 Å². The van der Waals surface area contributed by atoms with Gasteiger partial charge in [0.25, 0.3) is 0 Å². The van der Waals surface area contributed by atoms with E-state index in [2.05, 4.69) is 15.3 Å². The van der Waals surface area contributed by atoms with Gasteiger partial charge in [-0.05, 0) is 24.6 Å². The minimum absolute atomic E-state index is 0.0151. The SMILES string of the molecule is OC[C@H](CNc1ncc(Cl)cc1F)Cc1ccccn1. The number of anilines is 1. The predicted octanol–water partition coefficient (Wildman–Crippen LogP) is 2.53. The van der Waals surface area contributed by atoms with Crippen molar-refractivity contribution in [2.24, 2.45) is 5.92 Å². The molecule has 4 nitrogen and oxygen atoms in total. The van der Waals surface area contributed by atoms with E-state index in [0.717, 1.165) is 5.69 Å². The molecule has 0 aliphatic rings. The summed E-state index contributed by atoms with van der Waals surface area (Å²) in [6, 6.07) is 6.82. The summed E-state index contributed by atoms with van der Waals surface area (Å²) in [5.74, 6) is -0.442. The van der Waals surface area contributed by atoms with E-state index in [1.54, 1.807) is 6.20 Å². The van der Waals surface area contributed by atoms with Crippen LogP contribution in [0.25, 0.3) is 0 Å². The van der Waals surface area contributed by atoms with E-state index >= 15 is 0 Å². The summed E-state index contributed by atoms with van der Waals surface area (Å²) in [5, 5.41) is 12.5. The van der Waals surface area contributed by atoms with Crippen molar-refractivity contribution >= 4 is 17.4 Å². The highest BCUT2D eigenvalue weighted by Gasteiger charge is 2.11. The van der Waals surface area contributed by atoms with E-state index in [4.69, 9.17) is 11.6 Å². The summed E-state index contributed by atoms with van der Waals surface area (Å²) in [4.78, 5) is 8.08. The molecule has 2 aromatic heterocycles. The smallest absolute Gasteiger partial charge is 0.166 e. The molecular weight excluding hydrogens is 281 g/mol. The monoisotopic (exact) mass is 295 g/mol. The molecule has 0 amide bonds. The van der Waals surface area contributed by atoms with Crippen LogP contribution in [0.4, 0.5) is 10.2 Å². The Morgan fingerprint density at radius 3 is 2.85 bits per heavy atom.